The van der Waals surface area contributed by atoms with Gasteiger partial charge in [-0.2, -0.15) is 21.6 Å². The molecule has 1 heterocycles. The van der Waals surface area contributed by atoms with Crippen LogP contribution < -0.4 is 4.74 Å². The second-order valence-electron chi connectivity index (χ2n) is 7.24. The monoisotopic (exact) mass is 530 g/mol. The number of carbonyl (C=O) groups is 2. The van der Waals surface area contributed by atoms with Crippen molar-refractivity contribution in [2.45, 2.75) is 24.6 Å². The van der Waals surface area contributed by atoms with E-state index in [9.17, 15) is 41.3 Å². The first-order valence-corrected chi connectivity index (χ1v) is 11.3. The van der Waals surface area contributed by atoms with Crippen LogP contribution in [-0.4, -0.2) is 48.8 Å². The zero-order chi connectivity index (χ0) is 26.7. The number of halogens is 3. The number of alkyl halides is 3. The molecule has 0 N–H and O–H groups in total. The van der Waals surface area contributed by atoms with Crippen molar-refractivity contribution in [2.75, 3.05) is 7.11 Å². The lowest BCUT2D eigenvalue weighted by molar-refractivity contribution is -0.385. The van der Waals surface area contributed by atoms with Crippen LogP contribution in [0.2, 0.25) is 0 Å². The first-order valence-electron chi connectivity index (χ1n) is 9.91. The maximum atomic E-state index is 13.2. The highest BCUT2D eigenvalue weighted by Crippen LogP contribution is 2.34. The molecule has 2 aromatic carbocycles. The van der Waals surface area contributed by atoms with Crippen molar-refractivity contribution in [2.24, 2.45) is 0 Å². The van der Waals surface area contributed by atoms with Gasteiger partial charge in [0.15, 0.2) is 0 Å². The lowest BCUT2D eigenvalue weighted by Crippen LogP contribution is -2.39. The van der Waals surface area contributed by atoms with Crippen molar-refractivity contribution < 1.29 is 49.8 Å². The van der Waals surface area contributed by atoms with E-state index < -0.39 is 61.9 Å². The van der Waals surface area contributed by atoms with Gasteiger partial charge in [0.2, 0.25) is 0 Å². The molecule has 0 radical (unpaired) electrons. The molecule has 1 amide bonds. The van der Waals surface area contributed by atoms with E-state index in [1.165, 1.54) is 6.07 Å². The number of ether oxygens (including phenoxy) is 2. The molecule has 2 aromatic rings. The molecule has 15 heteroatoms. The Morgan fingerprint density at radius 2 is 1.83 bits per heavy atom. The number of esters is 1. The number of rotatable bonds is 8. The van der Waals surface area contributed by atoms with E-state index in [-0.39, 0.29) is 12.4 Å². The fourth-order valence-electron chi connectivity index (χ4n) is 3.18. The van der Waals surface area contributed by atoms with Crippen molar-refractivity contribution in [1.29, 1.82) is 0 Å². The van der Waals surface area contributed by atoms with Crippen molar-refractivity contribution in [3.63, 3.8) is 0 Å². The predicted octanol–water partition coefficient (Wildman–Crippen LogP) is 3.27. The largest absolute Gasteiger partial charge is 0.534 e. The molecule has 0 aromatic heterocycles. The van der Waals surface area contributed by atoms with Crippen LogP contribution in [0.4, 0.5) is 18.9 Å². The lowest BCUT2D eigenvalue weighted by Gasteiger charge is -2.21. The molecule has 3 rings (SSSR count). The van der Waals surface area contributed by atoms with Gasteiger partial charge in [-0.1, -0.05) is 30.3 Å². The van der Waals surface area contributed by atoms with Gasteiger partial charge in [-0.25, -0.2) is 4.79 Å². The standard InChI is InChI=1S/C21H17F3N2O9S/c1-33-20(28)18-10-15(35-36(31,32)21(22,23)24)11-25(18)19(27)16-9-14(7-8-17(16)26(29)30)34-12-13-5-3-2-4-6-13/h2-9,11,18H,10,12H2,1H3/t18-/m1/s1. The van der Waals surface area contributed by atoms with Crippen molar-refractivity contribution in [3.05, 3.63) is 81.7 Å². The molecular formula is C21H17F3N2O9S. The van der Waals surface area contributed by atoms with E-state index in [2.05, 4.69) is 8.92 Å². The summed E-state index contributed by atoms with van der Waals surface area (Å²) in [5, 5.41) is 11.5. The van der Waals surface area contributed by atoms with Gasteiger partial charge < -0.3 is 13.7 Å². The van der Waals surface area contributed by atoms with E-state index in [4.69, 9.17) is 4.74 Å². The van der Waals surface area contributed by atoms with Crippen LogP contribution >= 0.6 is 0 Å². The number of benzene rings is 2. The maximum Gasteiger partial charge on any atom is 0.534 e. The normalized spacial score (nSPS) is 15.7. The van der Waals surface area contributed by atoms with Gasteiger partial charge in [0.1, 0.15) is 29.7 Å². The summed E-state index contributed by atoms with van der Waals surface area (Å²) in [5.41, 5.74) is -6.28. The molecular weight excluding hydrogens is 513 g/mol. The zero-order valence-electron chi connectivity index (χ0n) is 18.3. The first-order chi connectivity index (χ1) is 16.8. The molecule has 192 valence electrons. The number of nitrogens with zero attached hydrogens (tertiary/aromatic N) is 2. The van der Waals surface area contributed by atoms with Crippen molar-refractivity contribution in [3.8, 4) is 5.75 Å². The number of carbonyl (C=O) groups excluding carboxylic acids is 2. The Labute approximate surface area is 201 Å². The number of nitro benzene ring substituents is 1. The van der Waals surface area contributed by atoms with Gasteiger partial charge in [0.25, 0.3) is 11.6 Å². The highest BCUT2D eigenvalue weighted by Gasteiger charge is 2.50. The number of methoxy groups -OCH3 is 1. The van der Waals surface area contributed by atoms with Crippen LogP contribution in [0.5, 0.6) is 5.75 Å². The van der Waals surface area contributed by atoms with Gasteiger partial charge in [-0.3, -0.25) is 19.8 Å². The topological polar surface area (TPSA) is 142 Å². The third kappa shape index (κ3) is 5.73. The summed E-state index contributed by atoms with van der Waals surface area (Å²) in [4.78, 5) is 36.6. The first kappa shape index (κ1) is 26.5. The van der Waals surface area contributed by atoms with E-state index in [0.717, 1.165) is 24.8 Å². The van der Waals surface area contributed by atoms with Crippen molar-refractivity contribution >= 4 is 27.7 Å². The average molecular weight is 530 g/mol. The fourth-order valence-corrected chi connectivity index (χ4v) is 3.67. The van der Waals surface area contributed by atoms with Crippen LogP contribution in [0.3, 0.4) is 0 Å². The summed E-state index contributed by atoms with van der Waals surface area (Å²) in [6.07, 6.45) is -0.236. The molecule has 1 atom stereocenters. The second kappa shape index (κ2) is 10.2. The van der Waals surface area contributed by atoms with Crippen molar-refractivity contribution in [1.82, 2.24) is 4.90 Å². The summed E-state index contributed by atoms with van der Waals surface area (Å²) in [6.45, 7) is 0.0496. The third-order valence-corrected chi connectivity index (χ3v) is 5.87. The quantitative estimate of drug-likeness (QED) is 0.165. The van der Waals surface area contributed by atoms with Crippen LogP contribution in [0.15, 0.2) is 60.5 Å². The van der Waals surface area contributed by atoms with Gasteiger partial charge in [-0.15, -0.1) is 0 Å². The Morgan fingerprint density at radius 1 is 1.17 bits per heavy atom. The number of amides is 1. The van der Waals surface area contributed by atoms with Crippen LogP contribution in [0, 0.1) is 10.1 Å². The summed E-state index contributed by atoms with van der Waals surface area (Å²) >= 11 is 0. The van der Waals surface area contributed by atoms with Crippen LogP contribution in [-0.2, 0) is 30.4 Å². The molecule has 1 aliphatic heterocycles. The maximum absolute atomic E-state index is 13.2. The zero-order valence-corrected chi connectivity index (χ0v) is 19.1. The van der Waals surface area contributed by atoms with Gasteiger partial charge in [0.05, 0.1) is 12.0 Å². The van der Waals surface area contributed by atoms with Crippen LogP contribution in [0.25, 0.3) is 0 Å². The van der Waals surface area contributed by atoms with Crippen LogP contribution in [0.1, 0.15) is 22.3 Å². The second-order valence-corrected chi connectivity index (χ2v) is 8.78. The summed E-state index contributed by atoms with van der Waals surface area (Å²) in [5.74, 6) is -3.18. The van der Waals surface area contributed by atoms with Gasteiger partial charge in [-0.05, 0) is 17.7 Å². The molecule has 0 unspecified atom stereocenters. The predicted molar refractivity (Wildman–Crippen MR) is 115 cm³/mol. The van der Waals surface area contributed by atoms with E-state index in [0.29, 0.717) is 11.1 Å². The lowest BCUT2D eigenvalue weighted by atomic mass is 10.1. The Balaban J connectivity index is 1.96. The number of nitro groups is 1. The summed E-state index contributed by atoms with van der Waals surface area (Å²) in [7, 11) is -5.17. The smallest absolute Gasteiger partial charge is 0.489 e. The van der Waals surface area contributed by atoms with E-state index in [1.54, 1.807) is 30.3 Å². The minimum Gasteiger partial charge on any atom is -0.489 e. The van der Waals surface area contributed by atoms with E-state index >= 15 is 0 Å². The number of hydrogen-bond donors (Lipinski definition) is 0. The Bertz CT molecular complexity index is 1310. The highest BCUT2D eigenvalue weighted by atomic mass is 32.2. The molecule has 11 nitrogen and oxygen atoms in total. The fraction of sp³-hybridized carbons (Fsp3) is 0.238. The van der Waals surface area contributed by atoms with E-state index in [1.807, 2.05) is 0 Å². The molecule has 0 fully saturated rings. The highest BCUT2D eigenvalue weighted by molar-refractivity contribution is 7.87. The molecule has 0 spiro atoms. The molecule has 0 aliphatic carbocycles. The minimum atomic E-state index is -6.10. The van der Waals surface area contributed by atoms with Gasteiger partial charge in [0, 0.05) is 18.7 Å². The average Bonchev–Trinajstić information content (AvgIpc) is 3.24. The third-order valence-electron chi connectivity index (χ3n) is 4.86. The molecule has 0 saturated heterocycles. The molecule has 1 aliphatic rings. The Hall–Kier alpha value is -4.14. The number of hydrogen-bond acceptors (Lipinski definition) is 9. The minimum absolute atomic E-state index is 0.0433. The summed E-state index contributed by atoms with van der Waals surface area (Å²) < 4.78 is 75.0. The molecule has 0 saturated carbocycles. The molecule has 0 bridgehead atoms. The van der Waals surface area contributed by atoms with Gasteiger partial charge >= 0.3 is 21.6 Å². The Morgan fingerprint density at radius 3 is 2.42 bits per heavy atom. The summed E-state index contributed by atoms with van der Waals surface area (Å²) in [6, 6.07) is 10.4. The molecule has 36 heavy (non-hydrogen) atoms. The Kier molecular flexibility index (Phi) is 7.52. The SMILES string of the molecule is COC(=O)[C@H]1CC(OS(=O)(=O)C(F)(F)F)=CN1C(=O)c1cc(OCc2ccccc2)ccc1[N+](=O)[O-].